The largest absolute Gasteiger partial charge is 0.381 e. The Balaban J connectivity index is 2.10. The zero-order valence-electron chi connectivity index (χ0n) is 11.7. The maximum Gasteiger partial charge on any atom is 0.0470 e. The van der Waals surface area contributed by atoms with Crippen molar-refractivity contribution in [2.75, 3.05) is 19.4 Å². The second kappa shape index (κ2) is 6.98. The van der Waals surface area contributed by atoms with Crippen LogP contribution in [0.3, 0.4) is 0 Å². The Hall–Kier alpha value is -1.22. The highest BCUT2D eigenvalue weighted by atomic mass is 35.5. The van der Waals surface area contributed by atoms with Gasteiger partial charge in [0.2, 0.25) is 0 Å². The molecule has 0 aliphatic carbocycles. The fraction of sp³-hybridized carbons (Fsp3) is 0.250. The molecule has 2 nitrogen and oxygen atoms in total. The van der Waals surface area contributed by atoms with Gasteiger partial charge in [-0.15, -0.1) is 0 Å². The Labute approximate surface area is 130 Å². The minimum atomic E-state index is 0.659. The summed E-state index contributed by atoms with van der Waals surface area (Å²) in [7, 11) is 4.12. The number of para-hydroxylation sites is 1. The highest BCUT2D eigenvalue weighted by Gasteiger charge is 2.05. The fourth-order valence-corrected chi connectivity index (χ4v) is 2.50. The molecule has 0 fully saturated rings. The van der Waals surface area contributed by atoms with E-state index in [9.17, 15) is 0 Å². The topological polar surface area (TPSA) is 15.3 Å². The zero-order chi connectivity index (χ0) is 14.5. The maximum absolute atomic E-state index is 6.19. The van der Waals surface area contributed by atoms with E-state index >= 15 is 0 Å². The van der Waals surface area contributed by atoms with E-state index in [0.29, 0.717) is 16.6 Å². The smallest absolute Gasteiger partial charge is 0.0470 e. The molecule has 4 heteroatoms. The lowest BCUT2D eigenvalue weighted by molar-refractivity contribution is 0.403. The molecular weight excluding hydrogens is 291 g/mol. The predicted octanol–water partition coefficient (Wildman–Crippen LogP) is 4.67. The molecule has 0 saturated carbocycles. The van der Waals surface area contributed by atoms with Crippen LogP contribution in [0.2, 0.25) is 10.0 Å². The summed E-state index contributed by atoms with van der Waals surface area (Å²) < 4.78 is 0. The maximum atomic E-state index is 6.19. The molecule has 0 aromatic heterocycles. The normalized spacial score (nSPS) is 10.8. The van der Waals surface area contributed by atoms with Gasteiger partial charge < -0.3 is 10.2 Å². The summed E-state index contributed by atoms with van der Waals surface area (Å²) in [4.78, 5) is 2.15. The van der Waals surface area contributed by atoms with Crippen LogP contribution in [0.5, 0.6) is 0 Å². The van der Waals surface area contributed by atoms with Crippen molar-refractivity contribution >= 4 is 28.9 Å². The third-order valence-corrected chi connectivity index (χ3v) is 3.58. The molecule has 0 saturated heterocycles. The molecule has 20 heavy (non-hydrogen) atoms. The molecule has 0 heterocycles. The molecule has 0 unspecified atom stereocenters. The van der Waals surface area contributed by atoms with Crippen molar-refractivity contribution in [2.24, 2.45) is 0 Å². The van der Waals surface area contributed by atoms with Crippen molar-refractivity contribution in [3.8, 4) is 0 Å². The number of hydrogen-bond donors (Lipinski definition) is 1. The first-order valence-electron chi connectivity index (χ1n) is 6.46. The molecule has 1 N–H and O–H groups in total. The van der Waals surface area contributed by atoms with E-state index in [0.717, 1.165) is 17.8 Å². The number of benzene rings is 2. The van der Waals surface area contributed by atoms with Crippen molar-refractivity contribution in [2.45, 2.75) is 13.1 Å². The van der Waals surface area contributed by atoms with E-state index in [1.54, 1.807) is 6.07 Å². The first-order chi connectivity index (χ1) is 9.56. The van der Waals surface area contributed by atoms with Gasteiger partial charge in [-0.25, -0.2) is 0 Å². The first kappa shape index (κ1) is 15.2. The molecule has 0 spiro atoms. The molecule has 2 aromatic carbocycles. The molecule has 2 rings (SSSR count). The summed E-state index contributed by atoms with van der Waals surface area (Å²) in [5, 5.41) is 4.79. The van der Waals surface area contributed by atoms with E-state index < -0.39 is 0 Å². The van der Waals surface area contributed by atoms with Crippen molar-refractivity contribution in [1.82, 2.24) is 4.90 Å². The third-order valence-electron chi connectivity index (χ3n) is 2.99. The molecule has 0 atom stereocenters. The van der Waals surface area contributed by atoms with Gasteiger partial charge in [0, 0.05) is 28.8 Å². The van der Waals surface area contributed by atoms with Crippen molar-refractivity contribution in [3.63, 3.8) is 0 Å². The molecule has 0 aliphatic rings. The molecule has 2 aromatic rings. The molecule has 106 valence electrons. The number of rotatable bonds is 5. The van der Waals surface area contributed by atoms with Gasteiger partial charge >= 0.3 is 0 Å². The van der Waals surface area contributed by atoms with Crippen LogP contribution < -0.4 is 5.32 Å². The summed E-state index contributed by atoms with van der Waals surface area (Å²) in [6.45, 7) is 1.58. The molecule has 0 amide bonds. The average molecular weight is 309 g/mol. The van der Waals surface area contributed by atoms with Gasteiger partial charge in [-0.2, -0.15) is 0 Å². The van der Waals surface area contributed by atoms with Gasteiger partial charge in [-0.3, -0.25) is 0 Å². The van der Waals surface area contributed by atoms with E-state index in [-0.39, 0.29) is 0 Å². The van der Waals surface area contributed by atoms with E-state index in [1.807, 2.05) is 18.2 Å². The standard InChI is InChI=1S/C16H18Cl2N2/c1-20(2)11-13-5-3-4-6-16(13)19-10-12-7-8-14(17)9-15(12)18/h3-9,19H,10-11H2,1-2H3. The van der Waals surface area contributed by atoms with Gasteiger partial charge in [-0.05, 0) is 43.4 Å². The van der Waals surface area contributed by atoms with Crippen LogP contribution in [0, 0.1) is 0 Å². The Morgan fingerprint density at radius 1 is 1.00 bits per heavy atom. The highest BCUT2D eigenvalue weighted by molar-refractivity contribution is 6.35. The zero-order valence-corrected chi connectivity index (χ0v) is 13.2. The van der Waals surface area contributed by atoms with E-state index in [2.05, 4.69) is 42.5 Å². The van der Waals surface area contributed by atoms with Crippen LogP contribution in [0.4, 0.5) is 5.69 Å². The fourth-order valence-electron chi connectivity index (χ4n) is 2.03. The SMILES string of the molecule is CN(C)Cc1ccccc1NCc1ccc(Cl)cc1Cl. The number of nitrogens with zero attached hydrogens (tertiary/aromatic N) is 1. The van der Waals surface area contributed by atoms with E-state index in [1.165, 1.54) is 5.56 Å². The minimum absolute atomic E-state index is 0.659. The summed E-state index contributed by atoms with van der Waals surface area (Å²) in [5.41, 5.74) is 3.44. The Morgan fingerprint density at radius 2 is 1.75 bits per heavy atom. The second-order valence-electron chi connectivity index (χ2n) is 4.98. The molecule has 0 radical (unpaired) electrons. The number of nitrogens with one attached hydrogen (secondary N) is 1. The molecule has 0 bridgehead atoms. The first-order valence-corrected chi connectivity index (χ1v) is 7.22. The van der Waals surface area contributed by atoms with Crippen LogP contribution in [0.1, 0.15) is 11.1 Å². The second-order valence-corrected chi connectivity index (χ2v) is 5.83. The van der Waals surface area contributed by atoms with Crippen LogP contribution in [-0.4, -0.2) is 19.0 Å². The Kier molecular flexibility index (Phi) is 5.30. The summed E-state index contributed by atoms with van der Waals surface area (Å²) in [6.07, 6.45) is 0. The summed E-state index contributed by atoms with van der Waals surface area (Å²) in [6, 6.07) is 13.9. The molecular formula is C16H18Cl2N2. The number of halogens is 2. The Morgan fingerprint density at radius 3 is 2.45 bits per heavy atom. The van der Waals surface area contributed by atoms with Gasteiger partial charge in [0.15, 0.2) is 0 Å². The van der Waals surface area contributed by atoms with Gasteiger partial charge in [-0.1, -0.05) is 47.5 Å². The number of hydrogen-bond acceptors (Lipinski definition) is 2. The minimum Gasteiger partial charge on any atom is -0.381 e. The Bertz CT molecular complexity index is 582. The highest BCUT2D eigenvalue weighted by Crippen LogP contribution is 2.23. The summed E-state index contributed by atoms with van der Waals surface area (Å²) in [5.74, 6) is 0. The third kappa shape index (κ3) is 4.14. The lowest BCUT2D eigenvalue weighted by Crippen LogP contribution is -2.13. The summed E-state index contributed by atoms with van der Waals surface area (Å²) >= 11 is 12.1. The van der Waals surface area contributed by atoms with E-state index in [4.69, 9.17) is 23.2 Å². The lowest BCUT2D eigenvalue weighted by Gasteiger charge is -2.16. The van der Waals surface area contributed by atoms with Gasteiger partial charge in [0.25, 0.3) is 0 Å². The molecule has 0 aliphatic heterocycles. The van der Waals surface area contributed by atoms with Crippen LogP contribution >= 0.6 is 23.2 Å². The monoisotopic (exact) mass is 308 g/mol. The average Bonchev–Trinajstić information content (AvgIpc) is 2.39. The van der Waals surface area contributed by atoms with Gasteiger partial charge in [0.1, 0.15) is 0 Å². The quantitative estimate of drug-likeness (QED) is 0.863. The van der Waals surface area contributed by atoms with Gasteiger partial charge in [0.05, 0.1) is 0 Å². The van der Waals surface area contributed by atoms with Crippen LogP contribution in [0.25, 0.3) is 0 Å². The van der Waals surface area contributed by atoms with Crippen molar-refractivity contribution in [3.05, 3.63) is 63.6 Å². The van der Waals surface area contributed by atoms with Crippen molar-refractivity contribution < 1.29 is 0 Å². The predicted molar refractivity (Wildman–Crippen MR) is 87.6 cm³/mol. The lowest BCUT2D eigenvalue weighted by atomic mass is 10.1. The van der Waals surface area contributed by atoms with Crippen LogP contribution in [-0.2, 0) is 13.1 Å². The number of anilines is 1. The van der Waals surface area contributed by atoms with Crippen LogP contribution in [0.15, 0.2) is 42.5 Å². The van der Waals surface area contributed by atoms with Crippen molar-refractivity contribution in [1.29, 1.82) is 0 Å².